The fourth-order valence-corrected chi connectivity index (χ4v) is 4.37. The first-order chi connectivity index (χ1) is 9.46. The highest BCUT2D eigenvalue weighted by Gasteiger charge is 2.29. The van der Waals surface area contributed by atoms with Crippen LogP contribution in [0.5, 0.6) is 0 Å². The number of morpholine rings is 1. The van der Waals surface area contributed by atoms with Crippen LogP contribution in [0.4, 0.5) is 0 Å². The third-order valence-corrected chi connectivity index (χ3v) is 5.73. The van der Waals surface area contributed by atoms with Gasteiger partial charge in [-0.1, -0.05) is 23.2 Å². The van der Waals surface area contributed by atoms with Crippen molar-refractivity contribution in [3.8, 4) is 0 Å². The summed E-state index contributed by atoms with van der Waals surface area (Å²) in [5.74, 6) is 0. The van der Waals surface area contributed by atoms with E-state index in [1.54, 1.807) is 13.1 Å². The Morgan fingerprint density at radius 1 is 1.30 bits per heavy atom. The third kappa shape index (κ3) is 3.27. The maximum atomic E-state index is 12.6. The Balaban J connectivity index is 2.45. The summed E-state index contributed by atoms with van der Waals surface area (Å²) in [6, 6.07) is 3.06. The molecule has 1 fully saturated rings. The van der Waals surface area contributed by atoms with Crippen LogP contribution in [0.25, 0.3) is 0 Å². The van der Waals surface area contributed by atoms with Crippen LogP contribution in [-0.2, 0) is 21.3 Å². The Morgan fingerprint density at radius 3 is 2.55 bits per heavy atom. The second-order valence-corrected chi connectivity index (χ2v) is 7.14. The van der Waals surface area contributed by atoms with Gasteiger partial charge < -0.3 is 10.1 Å². The smallest absolute Gasteiger partial charge is 0.244 e. The third-order valence-electron chi connectivity index (χ3n) is 3.03. The molecule has 0 aromatic heterocycles. The van der Waals surface area contributed by atoms with Gasteiger partial charge in [-0.15, -0.1) is 0 Å². The topological polar surface area (TPSA) is 58.6 Å². The van der Waals surface area contributed by atoms with E-state index in [2.05, 4.69) is 5.32 Å². The summed E-state index contributed by atoms with van der Waals surface area (Å²) >= 11 is 12.2. The molecule has 1 aromatic rings. The van der Waals surface area contributed by atoms with Crippen molar-refractivity contribution in [1.82, 2.24) is 9.62 Å². The number of sulfonamides is 1. The van der Waals surface area contributed by atoms with Crippen LogP contribution in [0.3, 0.4) is 0 Å². The summed E-state index contributed by atoms with van der Waals surface area (Å²) in [4.78, 5) is 0.0545. The molecular weight excluding hydrogens is 323 g/mol. The van der Waals surface area contributed by atoms with Crippen LogP contribution in [0, 0.1) is 0 Å². The second kappa shape index (κ2) is 6.60. The van der Waals surface area contributed by atoms with Crippen LogP contribution < -0.4 is 5.32 Å². The molecule has 0 amide bonds. The van der Waals surface area contributed by atoms with E-state index in [-0.39, 0.29) is 9.92 Å². The summed E-state index contributed by atoms with van der Waals surface area (Å²) < 4.78 is 31.8. The lowest BCUT2D eigenvalue weighted by Crippen LogP contribution is -2.40. The quantitative estimate of drug-likeness (QED) is 0.908. The molecule has 112 valence electrons. The number of rotatable bonds is 4. The zero-order valence-electron chi connectivity index (χ0n) is 11.0. The normalized spacial score (nSPS) is 17.4. The molecule has 1 aliphatic heterocycles. The summed E-state index contributed by atoms with van der Waals surface area (Å²) in [6.07, 6.45) is 0. The molecule has 5 nitrogen and oxygen atoms in total. The Bertz CT molecular complexity index is 587. The molecule has 1 aliphatic rings. The molecule has 1 N–H and O–H groups in total. The highest BCUT2D eigenvalue weighted by Crippen LogP contribution is 2.31. The van der Waals surface area contributed by atoms with Crippen LogP contribution in [0.1, 0.15) is 5.56 Å². The van der Waals surface area contributed by atoms with Gasteiger partial charge in [0.1, 0.15) is 4.90 Å². The van der Waals surface area contributed by atoms with Crippen molar-refractivity contribution in [2.24, 2.45) is 0 Å². The molecule has 20 heavy (non-hydrogen) atoms. The van der Waals surface area contributed by atoms with Crippen LogP contribution in [0.15, 0.2) is 17.0 Å². The van der Waals surface area contributed by atoms with Gasteiger partial charge in [0.25, 0.3) is 0 Å². The van der Waals surface area contributed by atoms with Gasteiger partial charge in [-0.25, -0.2) is 8.42 Å². The fraction of sp³-hybridized carbons (Fsp3) is 0.500. The molecule has 1 saturated heterocycles. The van der Waals surface area contributed by atoms with Gasteiger partial charge in [-0.05, 0) is 24.7 Å². The molecule has 8 heteroatoms. The molecule has 0 radical (unpaired) electrons. The Labute approximate surface area is 128 Å². The molecule has 0 aliphatic carbocycles. The van der Waals surface area contributed by atoms with Crippen molar-refractivity contribution in [2.45, 2.75) is 11.4 Å². The predicted molar refractivity (Wildman–Crippen MR) is 78.8 cm³/mol. The zero-order chi connectivity index (χ0) is 14.8. The van der Waals surface area contributed by atoms with Gasteiger partial charge >= 0.3 is 0 Å². The largest absolute Gasteiger partial charge is 0.379 e. The minimum Gasteiger partial charge on any atom is -0.379 e. The van der Waals surface area contributed by atoms with E-state index >= 15 is 0 Å². The molecule has 1 aromatic carbocycles. The Morgan fingerprint density at radius 2 is 1.95 bits per heavy atom. The van der Waals surface area contributed by atoms with E-state index in [1.807, 2.05) is 0 Å². The van der Waals surface area contributed by atoms with Crippen LogP contribution in [0.2, 0.25) is 10.0 Å². The average Bonchev–Trinajstić information content (AvgIpc) is 2.43. The van der Waals surface area contributed by atoms with Gasteiger partial charge in [-0.2, -0.15) is 4.31 Å². The van der Waals surface area contributed by atoms with Crippen LogP contribution >= 0.6 is 23.2 Å². The monoisotopic (exact) mass is 338 g/mol. The Kier molecular flexibility index (Phi) is 5.28. The number of nitrogens with one attached hydrogen (secondary N) is 1. The molecule has 0 saturated carbocycles. The molecule has 0 spiro atoms. The number of halogens is 2. The lowest BCUT2D eigenvalue weighted by Gasteiger charge is -2.26. The van der Waals surface area contributed by atoms with Crippen molar-refractivity contribution in [3.05, 3.63) is 27.7 Å². The van der Waals surface area contributed by atoms with Gasteiger partial charge in [0.15, 0.2) is 0 Å². The molecule has 1 heterocycles. The lowest BCUT2D eigenvalue weighted by atomic mass is 10.2. The average molecular weight is 339 g/mol. The van der Waals surface area contributed by atoms with Crippen LogP contribution in [-0.4, -0.2) is 46.1 Å². The van der Waals surface area contributed by atoms with E-state index in [4.69, 9.17) is 27.9 Å². The van der Waals surface area contributed by atoms with Crippen molar-refractivity contribution in [3.63, 3.8) is 0 Å². The van der Waals surface area contributed by atoms with E-state index in [0.717, 1.165) is 0 Å². The van der Waals surface area contributed by atoms with E-state index in [1.165, 1.54) is 10.4 Å². The first kappa shape index (κ1) is 16.0. The second-order valence-electron chi connectivity index (χ2n) is 4.42. The number of nitrogens with zero attached hydrogens (tertiary/aromatic N) is 1. The van der Waals surface area contributed by atoms with Gasteiger partial charge in [0, 0.05) is 24.7 Å². The minimum absolute atomic E-state index is 0.0545. The SMILES string of the molecule is CNCc1cc(Cl)cc(S(=O)(=O)N2CCOCC2)c1Cl. The number of hydrogen-bond acceptors (Lipinski definition) is 4. The highest BCUT2D eigenvalue weighted by molar-refractivity contribution is 7.89. The minimum atomic E-state index is -3.65. The van der Waals surface area contributed by atoms with Crippen molar-refractivity contribution < 1.29 is 13.2 Å². The Hall–Kier alpha value is -0.370. The molecule has 0 bridgehead atoms. The molecule has 2 rings (SSSR count). The molecule has 0 unspecified atom stereocenters. The maximum Gasteiger partial charge on any atom is 0.244 e. The summed E-state index contributed by atoms with van der Waals surface area (Å²) in [5, 5.41) is 3.51. The highest BCUT2D eigenvalue weighted by atomic mass is 35.5. The summed E-state index contributed by atoms with van der Waals surface area (Å²) in [6.45, 7) is 1.88. The number of hydrogen-bond donors (Lipinski definition) is 1. The van der Waals surface area contributed by atoms with Gasteiger partial charge in [0.05, 0.1) is 18.2 Å². The first-order valence-electron chi connectivity index (χ1n) is 6.17. The number of ether oxygens (including phenoxy) is 1. The van der Waals surface area contributed by atoms with Crippen molar-refractivity contribution in [1.29, 1.82) is 0 Å². The predicted octanol–water partition coefficient (Wildman–Crippen LogP) is 1.73. The number of benzene rings is 1. The van der Waals surface area contributed by atoms with Crippen molar-refractivity contribution in [2.75, 3.05) is 33.4 Å². The van der Waals surface area contributed by atoms with E-state index in [9.17, 15) is 8.42 Å². The van der Waals surface area contributed by atoms with Gasteiger partial charge in [0.2, 0.25) is 10.0 Å². The van der Waals surface area contributed by atoms with E-state index in [0.29, 0.717) is 43.4 Å². The van der Waals surface area contributed by atoms with E-state index < -0.39 is 10.0 Å². The lowest BCUT2D eigenvalue weighted by molar-refractivity contribution is 0.0730. The summed E-state index contributed by atoms with van der Waals surface area (Å²) in [7, 11) is -1.89. The summed E-state index contributed by atoms with van der Waals surface area (Å²) in [5.41, 5.74) is 0.661. The molecule has 0 atom stereocenters. The first-order valence-corrected chi connectivity index (χ1v) is 8.37. The fourth-order valence-electron chi connectivity index (χ4n) is 2.05. The standard InChI is InChI=1S/C12H16Cl2N2O3S/c1-15-8-9-6-10(13)7-11(12(9)14)20(17,18)16-2-4-19-5-3-16/h6-7,15H,2-5,8H2,1H3. The van der Waals surface area contributed by atoms with Gasteiger partial charge in [-0.3, -0.25) is 0 Å². The maximum absolute atomic E-state index is 12.6. The molecular formula is C12H16Cl2N2O3S. The zero-order valence-corrected chi connectivity index (χ0v) is 13.4. The van der Waals surface area contributed by atoms with Crippen molar-refractivity contribution >= 4 is 33.2 Å².